The van der Waals surface area contributed by atoms with Crippen LogP contribution in [0.3, 0.4) is 0 Å². The molecule has 0 heterocycles. The fourth-order valence-corrected chi connectivity index (χ4v) is 1.05. The first-order valence-electron chi connectivity index (χ1n) is 4.08. The lowest BCUT2D eigenvalue weighted by Gasteiger charge is -2.07. The van der Waals surface area contributed by atoms with Gasteiger partial charge in [-0.05, 0) is 6.07 Å². The number of carbonyl (C=O) groups excluding carboxylic acids is 1. The first kappa shape index (κ1) is 9.71. The zero-order valence-electron chi connectivity index (χ0n) is 7.20. The molecule has 1 aromatic rings. The van der Waals surface area contributed by atoms with Gasteiger partial charge in [0.1, 0.15) is 25.3 Å². The summed E-state index contributed by atoms with van der Waals surface area (Å²) in [6.45, 7) is -0.481. The fraction of sp³-hybridized carbons (Fsp3) is 0.300. The molecular formula is C10H11FO2. The van der Waals surface area contributed by atoms with Gasteiger partial charge >= 0.3 is 0 Å². The molecule has 0 aliphatic carbocycles. The van der Waals surface area contributed by atoms with E-state index in [1.165, 1.54) is 0 Å². The summed E-state index contributed by atoms with van der Waals surface area (Å²) in [5.41, 5.74) is 0.797. The number of rotatable bonds is 5. The maximum atomic E-state index is 11.8. The number of alkyl halides is 1. The van der Waals surface area contributed by atoms with Gasteiger partial charge in [-0.1, -0.05) is 18.2 Å². The summed E-state index contributed by atoms with van der Waals surface area (Å²) >= 11 is 0. The predicted octanol–water partition coefficient (Wildman–Crippen LogP) is 1.78. The molecule has 0 aromatic heterocycles. The third-order valence-corrected chi connectivity index (χ3v) is 1.61. The van der Waals surface area contributed by atoms with Crippen LogP contribution in [0.15, 0.2) is 24.3 Å². The lowest BCUT2D eigenvalue weighted by Crippen LogP contribution is -2.01. The molecule has 0 radical (unpaired) electrons. The molecule has 70 valence electrons. The van der Waals surface area contributed by atoms with Gasteiger partial charge in [-0.15, -0.1) is 0 Å². The Morgan fingerprint density at radius 1 is 1.38 bits per heavy atom. The van der Waals surface area contributed by atoms with E-state index in [4.69, 9.17) is 4.74 Å². The highest BCUT2D eigenvalue weighted by Crippen LogP contribution is 2.17. The van der Waals surface area contributed by atoms with Crippen LogP contribution in [0.4, 0.5) is 4.39 Å². The monoisotopic (exact) mass is 182 g/mol. The van der Waals surface area contributed by atoms with Gasteiger partial charge in [0.05, 0.1) is 0 Å². The van der Waals surface area contributed by atoms with Crippen molar-refractivity contribution in [3.05, 3.63) is 29.8 Å². The van der Waals surface area contributed by atoms with E-state index in [0.717, 1.165) is 11.8 Å². The van der Waals surface area contributed by atoms with Crippen molar-refractivity contribution in [2.24, 2.45) is 0 Å². The molecule has 0 unspecified atom stereocenters. The molecule has 0 bridgehead atoms. The lowest BCUT2D eigenvalue weighted by atomic mass is 10.1. The molecule has 0 N–H and O–H groups in total. The Bertz CT molecular complexity index is 273. The van der Waals surface area contributed by atoms with E-state index in [2.05, 4.69) is 0 Å². The van der Waals surface area contributed by atoms with Crippen molar-refractivity contribution in [3.8, 4) is 5.75 Å². The van der Waals surface area contributed by atoms with Gasteiger partial charge in [0.15, 0.2) is 0 Å². The molecule has 0 atom stereocenters. The maximum Gasteiger partial charge on any atom is 0.124 e. The number of carbonyl (C=O) groups is 1. The highest BCUT2D eigenvalue weighted by molar-refractivity contribution is 5.57. The minimum Gasteiger partial charge on any atom is -0.491 e. The summed E-state index contributed by atoms with van der Waals surface area (Å²) < 4.78 is 16.9. The third kappa shape index (κ3) is 2.86. The smallest absolute Gasteiger partial charge is 0.124 e. The minimum absolute atomic E-state index is 0.0376. The fourth-order valence-electron chi connectivity index (χ4n) is 1.05. The van der Waals surface area contributed by atoms with E-state index in [1.807, 2.05) is 6.07 Å². The lowest BCUT2D eigenvalue weighted by molar-refractivity contribution is -0.107. The second-order valence-corrected chi connectivity index (χ2v) is 2.52. The van der Waals surface area contributed by atoms with Crippen LogP contribution in [0.1, 0.15) is 5.56 Å². The number of aldehydes is 1. The Kier molecular flexibility index (Phi) is 3.96. The molecule has 0 aliphatic heterocycles. The molecule has 2 nitrogen and oxygen atoms in total. The van der Waals surface area contributed by atoms with Crippen molar-refractivity contribution in [1.82, 2.24) is 0 Å². The van der Waals surface area contributed by atoms with Crippen LogP contribution in [0.5, 0.6) is 5.75 Å². The number of hydrogen-bond donors (Lipinski definition) is 0. The van der Waals surface area contributed by atoms with Crippen LogP contribution in [0, 0.1) is 0 Å². The Morgan fingerprint density at radius 3 is 2.85 bits per heavy atom. The van der Waals surface area contributed by atoms with E-state index in [1.54, 1.807) is 18.2 Å². The van der Waals surface area contributed by atoms with Crippen LogP contribution in [0.25, 0.3) is 0 Å². The summed E-state index contributed by atoms with van der Waals surface area (Å²) in [7, 11) is 0. The number of benzene rings is 1. The first-order chi connectivity index (χ1) is 6.38. The highest BCUT2D eigenvalue weighted by atomic mass is 19.1. The van der Waals surface area contributed by atoms with Gasteiger partial charge < -0.3 is 9.53 Å². The first-order valence-corrected chi connectivity index (χ1v) is 4.08. The quantitative estimate of drug-likeness (QED) is 0.649. The van der Waals surface area contributed by atoms with Gasteiger partial charge in [-0.3, -0.25) is 0 Å². The number of ether oxygens (including phenoxy) is 1. The minimum atomic E-state index is -0.518. The number of halogens is 1. The zero-order chi connectivity index (χ0) is 9.52. The Morgan fingerprint density at radius 2 is 2.15 bits per heavy atom. The van der Waals surface area contributed by atoms with Gasteiger partial charge in [-0.2, -0.15) is 0 Å². The van der Waals surface area contributed by atoms with E-state index < -0.39 is 6.67 Å². The van der Waals surface area contributed by atoms with Crippen molar-refractivity contribution < 1.29 is 13.9 Å². The largest absolute Gasteiger partial charge is 0.491 e. The van der Waals surface area contributed by atoms with Crippen LogP contribution in [-0.2, 0) is 11.2 Å². The average molecular weight is 182 g/mol. The van der Waals surface area contributed by atoms with Crippen molar-refractivity contribution in [2.45, 2.75) is 6.42 Å². The van der Waals surface area contributed by atoms with Crippen molar-refractivity contribution in [2.75, 3.05) is 13.3 Å². The number of hydrogen-bond acceptors (Lipinski definition) is 2. The van der Waals surface area contributed by atoms with E-state index >= 15 is 0 Å². The summed E-state index contributed by atoms with van der Waals surface area (Å²) in [5.74, 6) is 0.590. The molecule has 0 saturated heterocycles. The van der Waals surface area contributed by atoms with Crippen molar-refractivity contribution >= 4 is 6.29 Å². The van der Waals surface area contributed by atoms with E-state index in [9.17, 15) is 9.18 Å². The summed E-state index contributed by atoms with van der Waals surface area (Å²) in [6, 6.07) is 7.14. The predicted molar refractivity (Wildman–Crippen MR) is 47.7 cm³/mol. The van der Waals surface area contributed by atoms with Gasteiger partial charge in [0, 0.05) is 12.0 Å². The molecule has 0 aliphatic rings. The van der Waals surface area contributed by atoms with Crippen LogP contribution in [0.2, 0.25) is 0 Å². The molecule has 0 fully saturated rings. The van der Waals surface area contributed by atoms with Crippen molar-refractivity contribution in [3.63, 3.8) is 0 Å². The van der Waals surface area contributed by atoms with Crippen LogP contribution >= 0.6 is 0 Å². The second kappa shape index (κ2) is 5.30. The maximum absolute atomic E-state index is 11.8. The highest BCUT2D eigenvalue weighted by Gasteiger charge is 2.00. The standard InChI is InChI=1S/C10H11FO2/c11-6-8-13-10-4-2-1-3-9(10)5-7-12/h1-4,7H,5-6,8H2. The van der Waals surface area contributed by atoms with E-state index in [-0.39, 0.29) is 6.61 Å². The topological polar surface area (TPSA) is 26.3 Å². The normalized spacial score (nSPS) is 9.62. The molecule has 1 rings (SSSR count). The van der Waals surface area contributed by atoms with E-state index in [0.29, 0.717) is 12.2 Å². The molecule has 0 saturated carbocycles. The molecule has 0 amide bonds. The summed E-state index contributed by atoms with van der Waals surface area (Å²) in [6.07, 6.45) is 1.11. The average Bonchev–Trinajstić information content (AvgIpc) is 2.17. The van der Waals surface area contributed by atoms with Crippen LogP contribution in [-0.4, -0.2) is 19.6 Å². The van der Waals surface area contributed by atoms with Crippen molar-refractivity contribution in [1.29, 1.82) is 0 Å². The molecule has 0 spiro atoms. The van der Waals surface area contributed by atoms with Crippen LogP contribution < -0.4 is 4.74 Å². The SMILES string of the molecule is O=CCc1ccccc1OCCF. The van der Waals surface area contributed by atoms with Gasteiger partial charge in [0.25, 0.3) is 0 Å². The van der Waals surface area contributed by atoms with Gasteiger partial charge in [0.2, 0.25) is 0 Å². The Balaban J connectivity index is 2.71. The Labute approximate surface area is 76.3 Å². The summed E-state index contributed by atoms with van der Waals surface area (Å²) in [4.78, 5) is 10.3. The zero-order valence-corrected chi connectivity index (χ0v) is 7.20. The summed E-state index contributed by atoms with van der Waals surface area (Å²) in [5, 5.41) is 0. The second-order valence-electron chi connectivity index (χ2n) is 2.52. The number of para-hydroxylation sites is 1. The molecule has 1 aromatic carbocycles. The van der Waals surface area contributed by atoms with Gasteiger partial charge in [-0.25, -0.2) is 4.39 Å². The molecular weight excluding hydrogens is 171 g/mol. The molecule has 3 heteroatoms. The molecule has 13 heavy (non-hydrogen) atoms. The third-order valence-electron chi connectivity index (χ3n) is 1.61. The Hall–Kier alpha value is -1.38.